The topological polar surface area (TPSA) is 90.4 Å². The van der Waals surface area contributed by atoms with E-state index in [1.807, 2.05) is 24.3 Å². The number of thiazole rings is 1. The van der Waals surface area contributed by atoms with Crippen LogP contribution in [-0.4, -0.2) is 53.0 Å². The fourth-order valence-corrected chi connectivity index (χ4v) is 5.30. The number of ether oxygens (including phenoxy) is 2. The highest BCUT2D eigenvalue weighted by molar-refractivity contribution is 7.17. The van der Waals surface area contributed by atoms with Crippen molar-refractivity contribution >= 4 is 22.3 Å². The second-order valence-corrected chi connectivity index (χ2v) is 8.32. The zero-order valence-electron chi connectivity index (χ0n) is 16.7. The minimum atomic E-state index is -0.140. The van der Waals surface area contributed by atoms with Crippen molar-refractivity contribution in [2.24, 2.45) is 5.92 Å². The van der Waals surface area contributed by atoms with Gasteiger partial charge in [0.2, 0.25) is 10.8 Å². The molecule has 1 atom stereocenters. The van der Waals surface area contributed by atoms with Gasteiger partial charge in [0.05, 0.1) is 33.2 Å². The summed E-state index contributed by atoms with van der Waals surface area (Å²) in [4.78, 5) is 19.1. The number of hydrogen-bond acceptors (Lipinski definition) is 7. The van der Waals surface area contributed by atoms with Crippen LogP contribution in [0.25, 0.3) is 4.96 Å². The number of aromatic nitrogens is 3. The molecule has 1 saturated heterocycles. The molecule has 0 aliphatic carbocycles. The van der Waals surface area contributed by atoms with Crippen LogP contribution >= 0.6 is 11.3 Å². The van der Waals surface area contributed by atoms with E-state index in [9.17, 15) is 9.90 Å². The molecule has 1 aliphatic rings. The first kappa shape index (κ1) is 19.7. The lowest BCUT2D eigenvalue weighted by molar-refractivity contribution is -0.930. The van der Waals surface area contributed by atoms with Crippen molar-refractivity contribution in [1.82, 2.24) is 14.6 Å². The first-order chi connectivity index (χ1) is 14.0. The van der Waals surface area contributed by atoms with Crippen molar-refractivity contribution in [1.29, 1.82) is 0 Å². The van der Waals surface area contributed by atoms with E-state index < -0.39 is 0 Å². The molecule has 8 nitrogen and oxygen atoms in total. The average molecular weight is 418 g/mol. The van der Waals surface area contributed by atoms with E-state index in [0.717, 1.165) is 42.1 Å². The summed E-state index contributed by atoms with van der Waals surface area (Å²) in [6.07, 6.45) is 1.51. The highest BCUT2D eigenvalue weighted by Crippen LogP contribution is 2.36. The van der Waals surface area contributed by atoms with Crippen molar-refractivity contribution in [3.63, 3.8) is 0 Å². The molecule has 3 aromatic rings. The van der Waals surface area contributed by atoms with Gasteiger partial charge < -0.3 is 19.5 Å². The normalized spacial score (nSPS) is 20.5. The minimum Gasteiger partial charge on any atom is -0.497 e. The molecule has 9 heteroatoms. The maximum Gasteiger partial charge on any atom is 0.309 e. The third-order valence-corrected chi connectivity index (χ3v) is 6.65. The summed E-state index contributed by atoms with van der Waals surface area (Å²) in [5.74, 6) is 1.32. The second-order valence-electron chi connectivity index (χ2n) is 7.31. The molecule has 0 spiro atoms. The summed E-state index contributed by atoms with van der Waals surface area (Å²) in [5, 5.41) is 15.2. The molecule has 1 aliphatic heterocycles. The van der Waals surface area contributed by atoms with Gasteiger partial charge in [-0.3, -0.25) is 4.79 Å². The van der Waals surface area contributed by atoms with E-state index >= 15 is 0 Å². The third-order valence-electron chi connectivity index (χ3n) is 5.57. The molecule has 2 aromatic heterocycles. The van der Waals surface area contributed by atoms with Crippen molar-refractivity contribution < 1.29 is 24.3 Å². The number of esters is 1. The number of methoxy groups -OCH3 is 2. The fourth-order valence-electron chi connectivity index (χ4n) is 4.11. The Morgan fingerprint density at radius 2 is 2.10 bits per heavy atom. The second kappa shape index (κ2) is 8.00. The van der Waals surface area contributed by atoms with Crippen molar-refractivity contribution in [2.45, 2.75) is 25.8 Å². The number of nitrogens with one attached hydrogen (secondary N) is 1. The van der Waals surface area contributed by atoms with Gasteiger partial charge in [-0.1, -0.05) is 23.5 Å². The molecule has 0 bridgehead atoms. The number of benzene rings is 1. The van der Waals surface area contributed by atoms with E-state index in [0.29, 0.717) is 10.8 Å². The van der Waals surface area contributed by atoms with E-state index in [-0.39, 0.29) is 23.8 Å². The molecule has 1 aromatic carbocycles. The number of aryl methyl sites for hydroxylation is 1. The summed E-state index contributed by atoms with van der Waals surface area (Å²) >= 11 is 1.45. The summed E-state index contributed by atoms with van der Waals surface area (Å²) in [6.45, 7) is 3.41. The zero-order chi connectivity index (χ0) is 20.5. The van der Waals surface area contributed by atoms with Gasteiger partial charge in [0.1, 0.15) is 16.5 Å². The number of nitrogens with zero attached hydrogens (tertiary/aromatic N) is 3. The molecule has 0 radical (unpaired) electrons. The van der Waals surface area contributed by atoms with Crippen LogP contribution in [0.1, 0.15) is 35.1 Å². The smallest absolute Gasteiger partial charge is 0.309 e. The van der Waals surface area contributed by atoms with Crippen LogP contribution in [0, 0.1) is 12.8 Å². The quantitative estimate of drug-likeness (QED) is 0.610. The number of hydrogen-bond donors (Lipinski definition) is 2. The number of carbonyl (C=O) groups excluding carboxylic acids is 1. The highest BCUT2D eigenvalue weighted by atomic mass is 32.1. The van der Waals surface area contributed by atoms with Crippen LogP contribution in [0.3, 0.4) is 0 Å². The molecule has 0 saturated carbocycles. The van der Waals surface area contributed by atoms with E-state index in [1.165, 1.54) is 27.9 Å². The van der Waals surface area contributed by atoms with Crippen molar-refractivity contribution in [3.8, 4) is 11.6 Å². The molecule has 2 N–H and O–H groups in total. The third kappa shape index (κ3) is 3.67. The minimum absolute atomic E-state index is 0.0618. The lowest BCUT2D eigenvalue weighted by atomic mass is 9.93. The first-order valence-electron chi connectivity index (χ1n) is 9.63. The molecule has 3 heterocycles. The summed E-state index contributed by atoms with van der Waals surface area (Å²) < 4.78 is 11.8. The van der Waals surface area contributed by atoms with Crippen LogP contribution in [0.2, 0.25) is 0 Å². The lowest BCUT2D eigenvalue weighted by Crippen LogP contribution is -3.13. The first-order valence-corrected chi connectivity index (χ1v) is 10.4. The number of aromatic hydroxyl groups is 1. The molecule has 0 amide bonds. The molecule has 4 rings (SSSR count). The molecular weight excluding hydrogens is 392 g/mol. The number of fused-ring (bicyclic) bond motifs is 1. The number of rotatable bonds is 5. The van der Waals surface area contributed by atoms with Gasteiger partial charge in [-0.2, -0.15) is 4.52 Å². The lowest BCUT2D eigenvalue weighted by Gasteiger charge is -2.33. The van der Waals surface area contributed by atoms with E-state index in [4.69, 9.17) is 9.47 Å². The van der Waals surface area contributed by atoms with Gasteiger partial charge in [-0.05, 0) is 19.1 Å². The van der Waals surface area contributed by atoms with Crippen molar-refractivity contribution in [3.05, 3.63) is 40.5 Å². The summed E-state index contributed by atoms with van der Waals surface area (Å²) in [7, 11) is 3.08. The highest BCUT2D eigenvalue weighted by Gasteiger charge is 2.37. The SMILES string of the molecule is COC(=O)C1CC[NH+]([C@@H](c2cccc(OC)c2)c2sc3nc(C)nn3c2O)CC1. The average Bonchev–Trinajstić information content (AvgIpc) is 3.25. The Morgan fingerprint density at radius 1 is 1.34 bits per heavy atom. The molecule has 0 unspecified atom stereocenters. The van der Waals surface area contributed by atoms with E-state index in [2.05, 4.69) is 10.1 Å². The van der Waals surface area contributed by atoms with Gasteiger partial charge in [-0.15, -0.1) is 5.10 Å². The molecular formula is C20H25N4O4S+. The molecule has 154 valence electrons. The zero-order valence-corrected chi connectivity index (χ0v) is 17.5. The predicted molar refractivity (Wildman–Crippen MR) is 108 cm³/mol. The van der Waals surface area contributed by atoms with Gasteiger partial charge in [0.15, 0.2) is 6.04 Å². The van der Waals surface area contributed by atoms with Crippen LogP contribution in [0.5, 0.6) is 11.6 Å². The van der Waals surface area contributed by atoms with Gasteiger partial charge >= 0.3 is 5.97 Å². The fraction of sp³-hybridized carbons (Fsp3) is 0.450. The summed E-state index contributed by atoms with van der Waals surface area (Å²) in [5.41, 5.74) is 1.05. The Labute approximate surface area is 172 Å². The Morgan fingerprint density at radius 3 is 2.76 bits per heavy atom. The summed E-state index contributed by atoms with van der Waals surface area (Å²) in [6, 6.07) is 7.82. The number of carbonyl (C=O) groups is 1. The Hall–Kier alpha value is -2.65. The maximum atomic E-state index is 11.9. The van der Waals surface area contributed by atoms with Crippen LogP contribution in [0.15, 0.2) is 24.3 Å². The van der Waals surface area contributed by atoms with Gasteiger partial charge in [0.25, 0.3) is 0 Å². The predicted octanol–water partition coefficient (Wildman–Crippen LogP) is 1.37. The Kier molecular flexibility index (Phi) is 5.42. The van der Waals surface area contributed by atoms with Crippen LogP contribution in [-0.2, 0) is 9.53 Å². The van der Waals surface area contributed by atoms with Gasteiger partial charge in [0, 0.05) is 18.4 Å². The monoisotopic (exact) mass is 417 g/mol. The molecule has 1 fully saturated rings. The van der Waals surface area contributed by atoms with Crippen LogP contribution in [0.4, 0.5) is 0 Å². The Bertz CT molecular complexity index is 1020. The van der Waals surface area contributed by atoms with Crippen molar-refractivity contribution in [2.75, 3.05) is 27.3 Å². The number of likely N-dealkylation sites (tertiary alicyclic amines) is 1. The number of piperidine rings is 1. The number of quaternary nitrogens is 1. The molecule has 29 heavy (non-hydrogen) atoms. The Balaban J connectivity index is 1.72. The van der Waals surface area contributed by atoms with Gasteiger partial charge in [-0.25, -0.2) is 4.98 Å². The van der Waals surface area contributed by atoms with Crippen LogP contribution < -0.4 is 9.64 Å². The maximum absolute atomic E-state index is 11.9. The standard InChI is InChI=1S/C20H24N4O4S/c1-12-21-20-24(22-12)18(25)17(29-20)16(14-5-4-6-15(11-14)27-2)23-9-7-13(8-10-23)19(26)28-3/h4-6,11,13,16,25H,7-10H2,1-3H3/p+1/t16-/m0/s1. The van der Waals surface area contributed by atoms with E-state index in [1.54, 1.807) is 14.0 Å². The largest absolute Gasteiger partial charge is 0.497 e.